The fourth-order valence-electron chi connectivity index (χ4n) is 3.49. The fraction of sp³-hybridized carbons (Fsp3) is 0.304. The first kappa shape index (κ1) is 21.8. The van der Waals surface area contributed by atoms with Gasteiger partial charge in [-0.05, 0) is 17.5 Å². The Labute approximate surface area is 176 Å². The van der Waals surface area contributed by atoms with E-state index < -0.39 is 15.8 Å². The standard InChI is InChI=1S/C23H25NO5S/c25-22(16-29-23(26)15-18-12-14-30(27,28)17-18)24-13-11-21(19-7-3-1-4-8-19)20-9-5-2-6-10-20/h1-10,12,14,18,21H,11,13,15-17H2,(H,24,25). The summed E-state index contributed by atoms with van der Waals surface area (Å²) in [6.45, 7) is 0.0673. The van der Waals surface area contributed by atoms with Crippen LogP contribution in [-0.4, -0.2) is 39.2 Å². The summed E-state index contributed by atoms with van der Waals surface area (Å²) in [4.78, 5) is 23.9. The number of hydrogen-bond donors (Lipinski definition) is 1. The van der Waals surface area contributed by atoms with Gasteiger partial charge in [0.1, 0.15) is 0 Å². The number of benzene rings is 2. The van der Waals surface area contributed by atoms with Gasteiger partial charge >= 0.3 is 5.97 Å². The summed E-state index contributed by atoms with van der Waals surface area (Å²) < 4.78 is 27.7. The normalized spacial score (nSPS) is 17.0. The summed E-state index contributed by atoms with van der Waals surface area (Å²) in [5.74, 6) is -1.29. The summed E-state index contributed by atoms with van der Waals surface area (Å²) in [6.07, 6.45) is 2.15. The van der Waals surface area contributed by atoms with Crippen LogP contribution in [0.25, 0.3) is 0 Å². The minimum absolute atomic E-state index is 0.0485. The maximum absolute atomic E-state index is 12.0. The van der Waals surface area contributed by atoms with Gasteiger partial charge in [0.05, 0.1) is 12.2 Å². The zero-order valence-electron chi connectivity index (χ0n) is 16.6. The van der Waals surface area contributed by atoms with Gasteiger partial charge in [-0.15, -0.1) is 0 Å². The molecule has 1 aliphatic heterocycles. The second-order valence-electron chi connectivity index (χ2n) is 7.30. The Bertz CT molecular complexity index is 947. The molecule has 0 fully saturated rings. The van der Waals surface area contributed by atoms with Crippen molar-refractivity contribution in [2.75, 3.05) is 18.9 Å². The van der Waals surface area contributed by atoms with Crippen LogP contribution in [-0.2, 0) is 24.2 Å². The third-order valence-corrected chi connectivity index (χ3v) is 6.42. The highest BCUT2D eigenvalue weighted by Crippen LogP contribution is 2.27. The summed E-state index contributed by atoms with van der Waals surface area (Å²) in [5, 5.41) is 3.91. The highest BCUT2D eigenvalue weighted by molar-refractivity contribution is 7.94. The lowest BCUT2D eigenvalue weighted by Crippen LogP contribution is -2.30. The molecule has 1 atom stereocenters. The van der Waals surface area contributed by atoms with Crippen LogP contribution in [0.1, 0.15) is 29.9 Å². The van der Waals surface area contributed by atoms with Crippen molar-refractivity contribution in [2.45, 2.75) is 18.8 Å². The molecule has 1 aliphatic rings. The minimum Gasteiger partial charge on any atom is -0.456 e. The van der Waals surface area contributed by atoms with Gasteiger partial charge < -0.3 is 10.1 Å². The highest BCUT2D eigenvalue weighted by Gasteiger charge is 2.24. The monoisotopic (exact) mass is 427 g/mol. The largest absolute Gasteiger partial charge is 0.456 e. The van der Waals surface area contributed by atoms with Gasteiger partial charge in [-0.2, -0.15) is 0 Å². The number of nitrogens with one attached hydrogen (secondary N) is 1. The van der Waals surface area contributed by atoms with Crippen LogP contribution >= 0.6 is 0 Å². The Morgan fingerprint density at radius 2 is 1.60 bits per heavy atom. The van der Waals surface area contributed by atoms with Crippen molar-refractivity contribution < 1.29 is 22.7 Å². The van der Waals surface area contributed by atoms with E-state index in [9.17, 15) is 18.0 Å². The van der Waals surface area contributed by atoms with E-state index in [1.54, 1.807) is 0 Å². The molecule has 0 saturated heterocycles. The first-order valence-corrected chi connectivity index (χ1v) is 11.6. The average molecular weight is 428 g/mol. The molecule has 3 rings (SSSR count). The molecule has 1 unspecified atom stereocenters. The molecule has 2 aromatic carbocycles. The van der Waals surface area contributed by atoms with Crippen molar-refractivity contribution >= 4 is 21.7 Å². The van der Waals surface area contributed by atoms with Gasteiger partial charge in [-0.3, -0.25) is 9.59 Å². The predicted octanol–water partition coefficient (Wildman–Crippen LogP) is 2.82. The van der Waals surface area contributed by atoms with Crippen LogP contribution < -0.4 is 5.32 Å². The van der Waals surface area contributed by atoms with Gasteiger partial charge in [-0.1, -0.05) is 66.7 Å². The third kappa shape index (κ3) is 6.56. The number of carbonyl (C=O) groups excluding carboxylic acids is 2. The quantitative estimate of drug-likeness (QED) is 0.622. The number of amides is 1. The van der Waals surface area contributed by atoms with E-state index in [1.807, 2.05) is 36.4 Å². The van der Waals surface area contributed by atoms with Crippen molar-refractivity contribution in [1.29, 1.82) is 0 Å². The summed E-state index contributed by atoms with van der Waals surface area (Å²) in [7, 11) is -3.21. The molecule has 2 aromatic rings. The number of hydrogen-bond acceptors (Lipinski definition) is 5. The number of allylic oxidation sites excluding steroid dienone is 1. The molecule has 0 spiro atoms. The van der Waals surface area contributed by atoms with Crippen LogP contribution in [0, 0.1) is 5.92 Å². The van der Waals surface area contributed by atoms with Gasteiger partial charge in [-0.25, -0.2) is 8.42 Å². The summed E-state index contributed by atoms with van der Waals surface area (Å²) in [6, 6.07) is 20.2. The first-order valence-electron chi connectivity index (χ1n) is 9.86. The number of sulfone groups is 1. The van der Waals surface area contributed by atoms with E-state index in [-0.39, 0.29) is 36.5 Å². The first-order chi connectivity index (χ1) is 14.4. The van der Waals surface area contributed by atoms with E-state index in [0.717, 1.165) is 5.41 Å². The molecule has 0 aliphatic carbocycles. The maximum Gasteiger partial charge on any atom is 0.306 e. The molecule has 0 aromatic heterocycles. The Balaban J connectivity index is 1.44. The smallest absolute Gasteiger partial charge is 0.306 e. The zero-order valence-corrected chi connectivity index (χ0v) is 17.4. The number of ether oxygens (including phenoxy) is 1. The number of esters is 1. The maximum atomic E-state index is 12.0. The SMILES string of the molecule is O=C(COC(=O)CC1C=CS(=O)(=O)C1)NCCC(c1ccccc1)c1ccccc1. The molecule has 6 nitrogen and oxygen atoms in total. The van der Waals surface area contributed by atoms with Crippen molar-refractivity contribution in [3.8, 4) is 0 Å². The minimum atomic E-state index is -3.21. The van der Waals surface area contributed by atoms with Crippen molar-refractivity contribution in [2.24, 2.45) is 5.92 Å². The third-order valence-electron chi connectivity index (χ3n) is 4.96. The van der Waals surface area contributed by atoms with Gasteiger partial charge in [0, 0.05) is 23.8 Å². The molecule has 30 heavy (non-hydrogen) atoms. The molecule has 7 heteroatoms. The molecule has 0 bridgehead atoms. The van der Waals surface area contributed by atoms with Crippen molar-refractivity contribution in [3.05, 3.63) is 83.3 Å². The Kier molecular flexibility index (Phi) is 7.41. The Hall–Kier alpha value is -2.93. The lowest BCUT2D eigenvalue weighted by molar-refractivity contribution is -0.149. The molecule has 0 saturated carbocycles. The van der Waals surface area contributed by atoms with Crippen LogP contribution in [0.2, 0.25) is 0 Å². The van der Waals surface area contributed by atoms with Gasteiger partial charge in [0.25, 0.3) is 5.91 Å². The van der Waals surface area contributed by atoms with Crippen LogP contribution in [0.4, 0.5) is 0 Å². The molecule has 1 heterocycles. The second-order valence-corrected chi connectivity index (χ2v) is 9.23. The van der Waals surface area contributed by atoms with E-state index in [1.165, 1.54) is 17.2 Å². The van der Waals surface area contributed by atoms with Crippen molar-refractivity contribution in [1.82, 2.24) is 5.32 Å². The van der Waals surface area contributed by atoms with Crippen LogP contribution in [0.15, 0.2) is 72.1 Å². The number of carbonyl (C=O) groups is 2. The second kappa shape index (κ2) is 10.2. The molecule has 0 radical (unpaired) electrons. The molecule has 1 amide bonds. The average Bonchev–Trinajstić information content (AvgIpc) is 3.09. The molecular formula is C23H25NO5S. The molecule has 1 N–H and O–H groups in total. The molecular weight excluding hydrogens is 402 g/mol. The lowest BCUT2D eigenvalue weighted by Gasteiger charge is -2.18. The Morgan fingerprint density at radius 3 is 2.13 bits per heavy atom. The van der Waals surface area contributed by atoms with Gasteiger partial charge in [0.2, 0.25) is 0 Å². The summed E-state index contributed by atoms with van der Waals surface area (Å²) >= 11 is 0. The zero-order chi connectivity index (χ0) is 21.4. The van der Waals surface area contributed by atoms with E-state index in [2.05, 4.69) is 29.6 Å². The van der Waals surface area contributed by atoms with E-state index in [4.69, 9.17) is 4.74 Å². The van der Waals surface area contributed by atoms with Crippen LogP contribution in [0.3, 0.4) is 0 Å². The fourth-order valence-corrected chi connectivity index (χ4v) is 4.89. The molecule has 158 valence electrons. The van der Waals surface area contributed by atoms with Gasteiger partial charge in [0.15, 0.2) is 16.4 Å². The number of rotatable bonds is 9. The van der Waals surface area contributed by atoms with E-state index in [0.29, 0.717) is 13.0 Å². The van der Waals surface area contributed by atoms with Crippen molar-refractivity contribution in [3.63, 3.8) is 0 Å². The highest BCUT2D eigenvalue weighted by atomic mass is 32.2. The lowest BCUT2D eigenvalue weighted by atomic mass is 9.88. The van der Waals surface area contributed by atoms with Crippen LogP contribution in [0.5, 0.6) is 0 Å². The summed E-state index contributed by atoms with van der Waals surface area (Å²) in [5.41, 5.74) is 2.34. The topological polar surface area (TPSA) is 89.5 Å². The van der Waals surface area contributed by atoms with E-state index >= 15 is 0 Å². The Morgan fingerprint density at radius 1 is 1.00 bits per heavy atom. The predicted molar refractivity (Wildman–Crippen MR) is 114 cm³/mol.